The van der Waals surface area contributed by atoms with Gasteiger partial charge in [-0.25, -0.2) is 0 Å². The minimum absolute atomic E-state index is 0.626. The molecule has 2 aromatic carbocycles. The predicted octanol–water partition coefficient (Wildman–Crippen LogP) is 3.48. The molecule has 0 aliphatic carbocycles. The third-order valence-corrected chi connectivity index (χ3v) is 2.78. The van der Waals surface area contributed by atoms with Crippen molar-refractivity contribution in [3.63, 3.8) is 0 Å². The second kappa shape index (κ2) is 8.08. The van der Waals surface area contributed by atoms with Gasteiger partial charge in [0.1, 0.15) is 12.4 Å². The quantitative estimate of drug-likeness (QED) is 0.866. The van der Waals surface area contributed by atoms with E-state index in [1.54, 1.807) is 0 Å². The van der Waals surface area contributed by atoms with E-state index in [1.807, 2.05) is 42.5 Å². The molecular weight excluding hydrogens is 327 g/mol. The Morgan fingerprint density at radius 3 is 2.12 bits per heavy atom. The molecule has 2 aromatic rings. The third kappa shape index (κ3) is 5.19. The first kappa shape index (κ1) is 14.0. The fourth-order valence-electron chi connectivity index (χ4n) is 1.27. The molecule has 0 aliphatic heterocycles. The maximum Gasteiger partial charge on any atom is 0.119 e. The van der Waals surface area contributed by atoms with Gasteiger partial charge < -0.3 is 9.84 Å². The van der Waals surface area contributed by atoms with Crippen LogP contribution in [0.1, 0.15) is 5.56 Å². The molecule has 17 heavy (non-hydrogen) atoms. The summed E-state index contributed by atoms with van der Waals surface area (Å²) in [6, 6.07) is 18.2. The molecule has 0 aromatic heterocycles. The van der Waals surface area contributed by atoms with Crippen LogP contribution >= 0.6 is 22.6 Å². The van der Waals surface area contributed by atoms with Crippen LogP contribution in [0.25, 0.3) is 0 Å². The largest absolute Gasteiger partial charge is 0.489 e. The molecule has 1 N–H and O–H groups in total. The van der Waals surface area contributed by atoms with Crippen molar-refractivity contribution in [3.8, 4) is 5.75 Å². The molecule has 0 bridgehead atoms. The average Bonchev–Trinajstić information content (AvgIpc) is 2.42. The van der Waals surface area contributed by atoms with E-state index < -0.39 is 0 Å². The molecule has 2 rings (SSSR count). The van der Waals surface area contributed by atoms with Crippen LogP contribution in [-0.4, -0.2) is 12.2 Å². The Balaban J connectivity index is 0.000000686. The second-order valence-electron chi connectivity index (χ2n) is 3.23. The number of aliphatic hydroxyl groups excluding tert-OH is 1. The highest BCUT2D eigenvalue weighted by molar-refractivity contribution is 14.1. The molecule has 90 valence electrons. The summed E-state index contributed by atoms with van der Waals surface area (Å²) < 4.78 is 6.87. The summed E-state index contributed by atoms with van der Waals surface area (Å²) in [5.41, 5.74) is 1.19. The maximum absolute atomic E-state index is 7.00. The zero-order chi connectivity index (χ0) is 12.5. The van der Waals surface area contributed by atoms with Crippen LogP contribution in [0, 0.1) is 3.57 Å². The number of rotatable bonds is 3. The third-order valence-electron chi connectivity index (χ3n) is 2.06. The lowest BCUT2D eigenvalue weighted by molar-refractivity contribution is 0.306. The first-order valence-corrected chi connectivity index (χ1v) is 6.29. The number of halogens is 1. The Bertz CT molecular complexity index is 412. The van der Waals surface area contributed by atoms with Gasteiger partial charge in [-0.15, -0.1) is 0 Å². The normalized spacial score (nSPS) is 9.12. The maximum atomic E-state index is 7.00. The summed E-state index contributed by atoms with van der Waals surface area (Å²) in [6.07, 6.45) is 0. The molecule has 0 heterocycles. The van der Waals surface area contributed by atoms with Crippen molar-refractivity contribution in [2.45, 2.75) is 6.61 Å². The molecule has 3 heteroatoms. The van der Waals surface area contributed by atoms with E-state index in [0.29, 0.717) is 6.61 Å². The Labute approximate surface area is 115 Å². The Morgan fingerprint density at radius 1 is 0.941 bits per heavy atom. The number of hydrogen-bond donors (Lipinski definition) is 1. The fraction of sp³-hybridized carbons (Fsp3) is 0.143. The molecule has 0 fully saturated rings. The van der Waals surface area contributed by atoms with Crippen molar-refractivity contribution in [3.05, 3.63) is 63.7 Å². The summed E-state index contributed by atoms with van der Waals surface area (Å²) in [4.78, 5) is 0. The molecule has 0 saturated heterocycles. The minimum atomic E-state index is 0.626. The summed E-state index contributed by atoms with van der Waals surface area (Å²) >= 11 is 2.28. The van der Waals surface area contributed by atoms with Crippen molar-refractivity contribution >= 4 is 22.6 Å². The predicted molar refractivity (Wildman–Crippen MR) is 78.1 cm³/mol. The van der Waals surface area contributed by atoms with Crippen LogP contribution in [0.3, 0.4) is 0 Å². The van der Waals surface area contributed by atoms with Crippen LogP contribution in [0.5, 0.6) is 5.75 Å². The van der Waals surface area contributed by atoms with Crippen LogP contribution in [-0.2, 0) is 6.61 Å². The lowest BCUT2D eigenvalue weighted by Gasteiger charge is -2.05. The van der Waals surface area contributed by atoms with E-state index in [-0.39, 0.29) is 0 Å². The van der Waals surface area contributed by atoms with E-state index in [9.17, 15) is 0 Å². The molecule has 0 amide bonds. The lowest BCUT2D eigenvalue weighted by Crippen LogP contribution is -1.94. The van der Waals surface area contributed by atoms with Gasteiger partial charge in [0, 0.05) is 10.7 Å². The second-order valence-corrected chi connectivity index (χ2v) is 4.47. The van der Waals surface area contributed by atoms with Gasteiger partial charge in [-0.05, 0) is 52.4 Å². The zero-order valence-corrected chi connectivity index (χ0v) is 11.8. The van der Waals surface area contributed by atoms with Crippen LogP contribution in [0.15, 0.2) is 54.6 Å². The van der Waals surface area contributed by atoms with Crippen molar-refractivity contribution in [2.75, 3.05) is 7.11 Å². The van der Waals surface area contributed by atoms with Crippen molar-refractivity contribution in [1.82, 2.24) is 0 Å². The van der Waals surface area contributed by atoms with Crippen molar-refractivity contribution in [1.29, 1.82) is 0 Å². The van der Waals surface area contributed by atoms with Gasteiger partial charge in [0.25, 0.3) is 0 Å². The lowest BCUT2D eigenvalue weighted by atomic mass is 10.2. The summed E-state index contributed by atoms with van der Waals surface area (Å²) in [5.74, 6) is 0.916. The highest BCUT2D eigenvalue weighted by atomic mass is 127. The van der Waals surface area contributed by atoms with Gasteiger partial charge in [0.2, 0.25) is 0 Å². The van der Waals surface area contributed by atoms with E-state index in [4.69, 9.17) is 9.84 Å². The molecular formula is C14H15IO2. The molecule has 0 unspecified atom stereocenters. The Kier molecular flexibility index (Phi) is 6.65. The molecule has 0 atom stereocenters. The van der Waals surface area contributed by atoms with Gasteiger partial charge in [-0.1, -0.05) is 30.3 Å². The summed E-state index contributed by atoms with van der Waals surface area (Å²) in [5, 5.41) is 7.00. The summed E-state index contributed by atoms with van der Waals surface area (Å²) in [6.45, 7) is 0.626. The SMILES string of the molecule is CO.Ic1ccc(OCc2ccccc2)cc1. The number of benzene rings is 2. The van der Waals surface area contributed by atoms with Crippen LogP contribution < -0.4 is 4.74 Å². The molecule has 0 saturated carbocycles. The Hall–Kier alpha value is -1.07. The minimum Gasteiger partial charge on any atom is -0.489 e. The molecule has 0 radical (unpaired) electrons. The molecule has 0 spiro atoms. The topological polar surface area (TPSA) is 29.5 Å². The van der Waals surface area contributed by atoms with Gasteiger partial charge in [0.15, 0.2) is 0 Å². The van der Waals surface area contributed by atoms with E-state index in [2.05, 4.69) is 34.7 Å². The average molecular weight is 342 g/mol. The van der Waals surface area contributed by atoms with Crippen molar-refractivity contribution < 1.29 is 9.84 Å². The number of ether oxygens (including phenoxy) is 1. The fourth-order valence-corrected chi connectivity index (χ4v) is 1.63. The summed E-state index contributed by atoms with van der Waals surface area (Å²) in [7, 11) is 1.00. The highest BCUT2D eigenvalue weighted by Gasteiger charge is 1.94. The molecule has 2 nitrogen and oxygen atoms in total. The van der Waals surface area contributed by atoms with Gasteiger partial charge in [-0.3, -0.25) is 0 Å². The number of aliphatic hydroxyl groups is 1. The first-order chi connectivity index (χ1) is 8.34. The van der Waals surface area contributed by atoms with Gasteiger partial charge in [0.05, 0.1) is 0 Å². The molecule has 0 aliphatic rings. The van der Waals surface area contributed by atoms with Gasteiger partial charge in [-0.2, -0.15) is 0 Å². The van der Waals surface area contributed by atoms with E-state index >= 15 is 0 Å². The first-order valence-electron chi connectivity index (χ1n) is 5.21. The van der Waals surface area contributed by atoms with Crippen LogP contribution in [0.2, 0.25) is 0 Å². The van der Waals surface area contributed by atoms with Gasteiger partial charge >= 0.3 is 0 Å². The number of hydrogen-bond acceptors (Lipinski definition) is 2. The highest BCUT2D eigenvalue weighted by Crippen LogP contribution is 2.14. The van der Waals surface area contributed by atoms with Crippen molar-refractivity contribution in [2.24, 2.45) is 0 Å². The van der Waals surface area contributed by atoms with E-state index in [0.717, 1.165) is 12.9 Å². The monoisotopic (exact) mass is 342 g/mol. The standard InChI is InChI=1S/C13H11IO.CH4O/c14-12-6-8-13(9-7-12)15-10-11-4-2-1-3-5-11;1-2/h1-9H,10H2;2H,1H3. The van der Waals surface area contributed by atoms with Crippen LogP contribution in [0.4, 0.5) is 0 Å². The smallest absolute Gasteiger partial charge is 0.119 e. The Morgan fingerprint density at radius 2 is 1.53 bits per heavy atom. The zero-order valence-electron chi connectivity index (χ0n) is 9.64. The van der Waals surface area contributed by atoms with E-state index in [1.165, 1.54) is 9.13 Å².